The highest BCUT2D eigenvalue weighted by Crippen LogP contribution is 2.21. The van der Waals surface area contributed by atoms with Crippen LogP contribution in [0.1, 0.15) is 0 Å². The number of halogens is 1. The number of aromatic nitrogens is 2. The highest BCUT2D eigenvalue weighted by atomic mass is 35.5. The first-order valence-electron chi connectivity index (χ1n) is 4.61. The van der Waals surface area contributed by atoms with Crippen molar-refractivity contribution in [1.29, 1.82) is 0 Å². The van der Waals surface area contributed by atoms with Gasteiger partial charge in [0.1, 0.15) is 5.82 Å². The lowest BCUT2D eigenvalue weighted by Gasteiger charge is -2.06. The van der Waals surface area contributed by atoms with Gasteiger partial charge in [-0.3, -0.25) is 4.79 Å². The maximum absolute atomic E-state index is 10.7. The summed E-state index contributed by atoms with van der Waals surface area (Å²) in [6.45, 7) is 0.0112. The van der Waals surface area contributed by atoms with E-state index in [2.05, 4.69) is 15.3 Å². The minimum Gasteiger partial charge on any atom is -0.368 e. The van der Waals surface area contributed by atoms with Gasteiger partial charge in [0, 0.05) is 5.39 Å². The number of hydrogen-bond acceptors (Lipinski definition) is 4. The number of carbonyl (C=O) groups excluding carboxylic acids is 1. The average molecular weight is 237 g/mol. The van der Waals surface area contributed by atoms with Crippen LogP contribution in [0, 0.1) is 0 Å². The molecule has 2 aromatic rings. The maximum Gasteiger partial charge on any atom is 0.236 e. The van der Waals surface area contributed by atoms with E-state index in [9.17, 15) is 4.79 Å². The van der Waals surface area contributed by atoms with Crippen molar-refractivity contribution in [2.24, 2.45) is 5.73 Å². The van der Waals surface area contributed by atoms with Gasteiger partial charge in [-0.2, -0.15) is 0 Å². The number of nitrogens with zero attached hydrogens (tertiary/aromatic N) is 2. The SMILES string of the molecule is NC(=O)CNc1nc(Cl)nc2ccccc12. The molecule has 1 heterocycles. The van der Waals surface area contributed by atoms with Crippen molar-refractivity contribution >= 4 is 34.2 Å². The van der Waals surface area contributed by atoms with Gasteiger partial charge in [0.05, 0.1) is 12.1 Å². The number of nitrogens with one attached hydrogen (secondary N) is 1. The number of anilines is 1. The Morgan fingerprint density at radius 2 is 2.12 bits per heavy atom. The fourth-order valence-corrected chi connectivity index (χ4v) is 1.53. The number of carbonyl (C=O) groups is 1. The highest BCUT2D eigenvalue weighted by Gasteiger charge is 2.06. The van der Waals surface area contributed by atoms with Crippen molar-refractivity contribution in [2.45, 2.75) is 0 Å². The van der Waals surface area contributed by atoms with Gasteiger partial charge in [0.15, 0.2) is 0 Å². The van der Waals surface area contributed by atoms with Gasteiger partial charge in [-0.15, -0.1) is 0 Å². The van der Waals surface area contributed by atoms with Crippen molar-refractivity contribution in [3.63, 3.8) is 0 Å². The maximum atomic E-state index is 10.7. The van der Waals surface area contributed by atoms with Crippen molar-refractivity contribution in [3.05, 3.63) is 29.5 Å². The molecule has 0 aliphatic rings. The summed E-state index contributed by atoms with van der Waals surface area (Å²) in [4.78, 5) is 18.7. The van der Waals surface area contributed by atoms with Gasteiger partial charge in [-0.1, -0.05) is 12.1 Å². The molecule has 0 saturated carbocycles. The fraction of sp³-hybridized carbons (Fsp3) is 0.100. The molecule has 0 fully saturated rings. The van der Waals surface area contributed by atoms with Gasteiger partial charge in [0.25, 0.3) is 0 Å². The summed E-state index contributed by atoms with van der Waals surface area (Å²) in [5, 5.41) is 3.75. The first-order chi connectivity index (χ1) is 7.66. The molecule has 82 valence electrons. The summed E-state index contributed by atoms with van der Waals surface area (Å²) < 4.78 is 0. The van der Waals surface area contributed by atoms with E-state index in [0.717, 1.165) is 10.9 Å². The highest BCUT2D eigenvalue weighted by molar-refractivity contribution is 6.28. The Balaban J connectivity index is 2.46. The van der Waals surface area contributed by atoms with Crippen molar-refractivity contribution in [2.75, 3.05) is 11.9 Å². The third-order valence-corrected chi connectivity index (χ3v) is 2.18. The minimum absolute atomic E-state index is 0.0112. The number of para-hydroxylation sites is 1. The van der Waals surface area contributed by atoms with E-state index in [4.69, 9.17) is 17.3 Å². The number of hydrogen-bond donors (Lipinski definition) is 2. The number of nitrogens with two attached hydrogens (primary N) is 1. The number of fused-ring (bicyclic) bond motifs is 1. The van der Waals surface area contributed by atoms with Crippen molar-refractivity contribution in [1.82, 2.24) is 9.97 Å². The minimum atomic E-state index is -0.459. The topological polar surface area (TPSA) is 80.9 Å². The molecule has 0 spiro atoms. The zero-order valence-electron chi connectivity index (χ0n) is 8.27. The molecule has 1 aromatic carbocycles. The summed E-state index contributed by atoms with van der Waals surface area (Å²) in [6.07, 6.45) is 0. The van der Waals surface area contributed by atoms with Gasteiger partial charge < -0.3 is 11.1 Å². The molecule has 0 radical (unpaired) electrons. The Morgan fingerprint density at radius 1 is 1.38 bits per heavy atom. The summed E-state index contributed by atoms with van der Waals surface area (Å²) >= 11 is 5.76. The molecular formula is C10H9ClN4O. The van der Waals surface area contributed by atoms with Gasteiger partial charge in [0.2, 0.25) is 11.2 Å². The van der Waals surface area contributed by atoms with E-state index in [1.807, 2.05) is 24.3 Å². The van der Waals surface area contributed by atoms with Crippen LogP contribution in [0.5, 0.6) is 0 Å². The molecule has 0 bridgehead atoms. The second-order valence-electron chi connectivity index (χ2n) is 3.18. The molecule has 3 N–H and O–H groups in total. The van der Waals surface area contributed by atoms with E-state index in [0.29, 0.717) is 5.82 Å². The lowest BCUT2D eigenvalue weighted by atomic mass is 10.2. The lowest BCUT2D eigenvalue weighted by Crippen LogP contribution is -2.22. The van der Waals surface area contributed by atoms with E-state index in [1.54, 1.807) is 0 Å². The normalized spacial score (nSPS) is 10.3. The summed E-state index contributed by atoms with van der Waals surface area (Å²) in [5.74, 6) is 0.0493. The lowest BCUT2D eigenvalue weighted by molar-refractivity contribution is -0.116. The molecule has 0 saturated heterocycles. The van der Waals surface area contributed by atoms with Gasteiger partial charge in [-0.05, 0) is 23.7 Å². The zero-order valence-corrected chi connectivity index (χ0v) is 9.03. The Kier molecular flexibility index (Phi) is 2.87. The van der Waals surface area contributed by atoms with E-state index < -0.39 is 5.91 Å². The van der Waals surface area contributed by atoms with Gasteiger partial charge in [-0.25, -0.2) is 9.97 Å². The second kappa shape index (κ2) is 4.32. The van der Waals surface area contributed by atoms with Crippen LogP contribution in [0.2, 0.25) is 5.28 Å². The van der Waals surface area contributed by atoms with Crippen LogP contribution in [0.15, 0.2) is 24.3 Å². The summed E-state index contributed by atoms with van der Waals surface area (Å²) in [7, 11) is 0. The number of amides is 1. The third-order valence-electron chi connectivity index (χ3n) is 2.01. The molecule has 1 aromatic heterocycles. The first-order valence-corrected chi connectivity index (χ1v) is 4.99. The third kappa shape index (κ3) is 2.20. The van der Waals surface area contributed by atoms with E-state index >= 15 is 0 Å². The molecule has 0 unspecified atom stereocenters. The van der Waals surface area contributed by atoms with Gasteiger partial charge >= 0.3 is 0 Å². The van der Waals surface area contributed by atoms with Crippen LogP contribution in [0.25, 0.3) is 10.9 Å². The molecular weight excluding hydrogens is 228 g/mol. The van der Waals surface area contributed by atoms with Crippen LogP contribution in [0.4, 0.5) is 5.82 Å². The molecule has 16 heavy (non-hydrogen) atoms. The van der Waals surface area contributed by atoms with Crippen LogP contribution in [-0.4, -0.2) is 22.4 Å². The number of rotatable bonds is 3. The molecule has 1 amide bonds. The molecule has 2 rings (SSSR count). The summed E-state index contributed by atoms with van der Waals surface area (Å²) in [6, 6.07) is 7.37. The Hall–Kier alpha value is -1.88. The number of primary amides is 1. The predicted molar refractivity (Wildman–Crippen MR) is 62.2 cm³/mol. The molecule has 5 nitrogen and oxygen atoms in total. The first kappa shape index (κ1) is 10.6. The quantitative estimate of drug-likeness (QED) is 0.785. The van der Waals surface area contributed by atoms with E-state index in [-0.39, 0.29) is 11.8 Å². The van der Waals surface area contributed by atoms with Crippen LogP contribution >= 0.6 is 11.6 Å². The second-order valence-corrected chi connectivity index (χ2v) is 3.52. The van der Waals surface area contributed by atoms with Crippen molar-refractivity contribution < 1.29 is 4.79 Å². The smallest absolute Gasteiger partial charge is 0.236 e. The Bertz CT molecular complexity index is 543. The summed E-state index contributed by atoms with van der Waals surface area (Å²) in [5.41, 5.74) is 5.76. The van der Waals surface area contributed by atoms with E-state index in [1.165, 1.54) is 0 Å². The van der Waals surface area contributed by atoms with Crippen LogP contribution in [-0.2, 0) is 4.79 Å². The monoisotopic (exact) mass is 236 g/mol. The standard InChI is InChI=1S/C10H9ClN4O/c11-10-14-7-4-2-1-3-6(7)9(15-10)13-5-8(12)16/h1-4H,5H2,(H2,12,16)(H,13,14,15). The molecule has 6 heteroatoms. The Morgan fingerprint density at radius 3 is 2.88 bits per heavy atom. The van der Waals surface area contributed by atoms with Crippen LogP contribution in [0.3, 0.4) is 0 Å². The zero-order chi connectivity index (χ0) is 11.5. The Labute approximate surface area is 96.6 Å². The molecule has 0 aliphatic carbocycles. The van der Waals surface area contributed by atoms with Crippen LogP contribution < -0.4 is 11.1 Å². The molecule has 0 atom stereocenters. The molecule has 0 aliphatic heterocycles. The number of benzene rings is 1. The predicted octanol–water partition coefficient (Wildman–Crippen LogP) is 1.18. The van der Waals surface area contributed by atoms with Crippen molar-refractivity contribution in [3.8, 4) is 0 Å². The largest absolute Gasteiger partial charge is 0.368 e. The fourth-order valence-electron chi connectivity index (χ4n) is 1.35. The average Bonchev–Trinajstić information content (AvgIpc) is 2.25.